The first-order valence-corrected chi connectivity index (χ1v) is 10.9. The number of aromatic nitrogens is 3. The molecule has 4 aromatic rings. The average Bonchev–Trinajstić information content (AvgIpc) is 3.14. The number of hydrogen-bond donors (Lipinski definition) is 1. The Morgan fingerprint density at radius 1 is 0.933 bits per heavy atom. The summed E-state index contributed by atoms with van der Waals surface area (Å²) in [6.45, 7) is 5.71. The topological polar surface area (TPSA) is 85.6 Å². The zero-order chi connectivity index (χ0) is 21.5. The zero-order valence-corrected chi connectivity index (χ0v) is 18.0. The predicted molar refractivity (Wildman–Crippen MR) is 116 cm³/mol. The highest BCUT2D eigenvalue weighted by Gasteiger charge is 2.17. The van der Waals surface area contributed by atoms with Crippen LogP contribution in [0.1, 0.15) is 16.7 Å². The van der Waals surface area contributed by atoms with Crippen LogP contribution in [0.3, 0.4) is 0 Å². The quantitative estimate of drug-likeness (QED) is 0.523. The molecule has 0 spiro atoms. The number of sulfonamides is 1. The van der Waals surface area contributed by atoms with Gasteiger partial charge >= 0.3 is 0 Å². The number of methoxy groups -OCH3 is 1. The minimum atomic E-state index is -3.71. The van der Waals surface area contributed by atoms with E-state index in [1.807, 2.05) is 45.0 Å². The highest BCUT2D eigenvalue weighted by Crippen LogP contribution is 2.27. The molecule has 1 N–H and O–H groups in total. The van der Waals surface area contributed by atoms with E-state index >= 15 is 0 Å². The number of ether oxygens (including phenoxy) is 1. The third-order valence-electron chi connectivity index (χ3n) is 5.07. The summed E-state index contributed by atoms with van der Waals surface area (Å²) < 4.78 is 35.3. The van der Waals surface area contributed by atoms with Crippen LogP contribution in [0.5, 0.6) is 5.88 Å². The van der Waals surface area contributed by atoms with Crippen molar-refractivity contribution < 1.29 is 13.2 Å². The Kier molecular flexibility index (Phi) is 4.95. The molecule has 2 aromatic heterocycles. The molecule has 0 amide bonds. The van der Waals surface area contributed by atoms with Gasteiger partial charge in [-0.25, -0.2) is 17.9 Å². The molecule has 0 saturated carbocycles. The molecule has 0 aliphatic rings. The minimum absolute atomic E-state index is 0.236. The molecule has 0 fully saturated rings. The molecule has 0 radical (unpaired) electrons. The SMILES string of the molecule is COc1ccc2nc(-c3ccc(C)c(NS(=O)(=O)c4ccc(C)c(C)c4)c3)cn2n1. The lowest BCUT2D eigenvalue weighted by atomic mass is 10.1. The van der Waals surface area contributed by atoms with Crippen LogP contribution in [0.25, 0.3) is 16.9 Å². The predicted octanol–water partition coefficient (Wildman–Crippen LogP) is 4.13. The van der Waals surface area contributed by atoms with E-state index in [4.69, 9.17) is 4.74 Å². The maximum atomic E-state index is 12.9. The Bertz CT molecular complexity index is 1360. The van der Waals surface area contributed by atoms with Gasteiger partial charge in [0.15, 0.2) is 5.65 Å². The van der Waals surface area contributed by atoms with E-state index in [0.717, 1.165) is 22.3 Å². The number of rotatable bonds is 5. The number of imidazole rings is 1. The largest absolute Gasteiger partial charge is 0.480 e. The summed E-state index contributed by atoms with van der Waals surface area (Å²) in [5, 5.41) is 4.31. The van der Waals surface area contributed by atoms with E-state index in [0.29, 0.717) is 22.9 Å². The van der Waals surface area contributed by atoms with E-state index < -0.39 is 10.0 Å². The lowest BCUT2D eigenvalue weighted by Gasteiger charge is -2.13. The van der Waals surface area contributed by atoms with Crippen LogP contribution in [-0.4, -0.2) is 30.1 Å². The normalized spacial score (nSPS) is 11.6. The molecule has 154 valence electrons. The summed E-state index contributed by atoms with van der Waals surface area (Å²) in [7, 11) is -2.16. The van der Waals surface area contributed by atoms with Crippen LogP contribution in [0, 0.1) is 20.8 Å². The van der Waals surface area contributed by atoms with E-state index in [2.05, 4.69) is 14.8 Å². The lowest BCUT2D eigenvalue weighted by Crippen LogP contribution is -2.14. The summed E-state index contributed by atoms with van der Waals surface area (Å²) in [5.41, 5.74) is 5.43. The van der Waals surface area contributed by atoms with Crippen LogP contribution in [0.2, 0.25) is 0 Å². The average molecular weight is 423 g/mol. The van der Waals surface area contributed by atoms with Crippen molar-refractivity contribution in [3.05, 3.63) is 71.4 Å². The molecule has 0 aliphatic heterocycles. The van der Waals surface area contributed by atoms with Gasteiger partial charge < -0.3 is 4.74 Å². The summed E-state index contributed by atoms with van der Waals surface area (Å²) in [5.74, 6) is 0.484. The first-order valence-electron chi connectivity index (χ1n) is 9.38. The van der Waals surface area contributed by atoms with E-state index in [-0.39, 0.29) is 4.90 Å². The second-order valence-corrected chi connectivity index (χ2v) is 8.87. The summed E-state index contributed by atoms with van der Waals surface area (Å²) in [6, 6.07) is 14.2. The first-order chi connectivity index (χ1) is 14.3. The van der Waals surface area contributed by atoms with Gasteiger partial charge in [-0.1, -0.05) is 18.2 Å². The Morgan fingerprint density at radius 2 is 1.70 bits per heavy atom. The Morgan fingerprint density at radius 3 is 2.43 bits per heavy atom. The maximum absolute atomic E-state index is 12.9. The minimum Gasteiger partial charge on any atom is -0.480 e. The van der Waals surface area contributed by atoms with Crippen molar-refractivity contribution in [3.63, 3.8) is 0 Å². The lowest BCUT2D eigenvalue weighted by molar-refractivity contribution is 0.390. The van der Waals surface area contributed by atoms with Crippen LogP contribution in [0.4, 0.5) is 5.69 Å². The third-order valence-corrected chi connectivity index (χ3v) is 6.43. The van der Waals surface area contributed by atoms with Gasteiger partial charge in [0, 0.05) is 11.6 Å². The Labute approximate surface area is 175 Å². The summed E-state index contributed by atoms with van der Waals surface area (Å²) in [6.07, 6.45) is 1.78. The fourth-order valence-electron chi connectivity index (χ4n) is 3.09. The van der Waals surface area contributed by atoms with Crippen LogP contribution in [-0.2, 0) is 10.0 Å². The molecule has 0 saturated heterocycles. The summed E-state index contributed by atoms with van der Waals surface area (Å²) >= 11 is 0. The first kappa shape index (κ1) is 19.9. The molecule has 8 heteroatoms. The highest BCUT2D eigenvalue weighted by atomic mass is 32.2. The number of fused-ring (bicyclic) bond motifs is 1. The Balaban J connectivity index is 1.70. The molecule has 7 nitrogen and oxygen atoms in total. The van der Waals surface area contributed by atoms with Crippen molar-refractivity contribution in [3.8, 4) is 17.1 Å². The monoisotopic (exact) mass is 422 g/mol. The number of hydrogen-bond acceptors (Lipinski definition) is 5. The van der Waals surface area contributed by atoms with Crippen molar-refractivity contribution >= 4 is 21.4 Å². The maximum Gasteiger partial charge on any atom is 0.261 e. The van der Waals surface area contributed by atoms with Gasteiger partial charge in [0.2, 0.25) is 5.88 Å². The smallest absolute Gasteiger partial charge is 0.261 e. The molecule has 0 bridgehead atoms. The number of benzene rings is 2. The molecule has 0 atom stereocenters. The van der Waals surface area contributed by atoms with Crippen molar-refractivity contribution in [1.82, 2.24) is 14.6 Å². The van der Waals surface area contributed by atoms with Crippen molar-refractivity contribution in [2.24, 2.45) is 0 Å². The van der Waals surface area contributed by atoms with Gasteiger partial charge in [0.05, 0.1) is 29.6 Å². The number of nitrogens with zero attached hydrogens (tertiary/aromatic N) is 3. The van der Waals surface area contributed by atoms with E-state index in [1.54, 1.807) is 42.1 Å². The molecular formula is C22H22N4O3S. The van der Waals surface area contributed by atoms with Crippen LogP contribution in [0.15, 0.2) is 59.6 Å². The fourth-order valence-corrected chi connectivity index (χ4v) is 4.29. The molecular weight excluding hydrogens is 400 g/mol. The van der Waals surface area contributed by atoms with Gasteiger partial charge in [0.1, 0.15) is 0 Å². The molecule has 0 unspecified atom stereocenters. The molecule has 2 heterocycles. The van der Waals surface area contributed by atoms with Gasteiger partial charge in [-0.2, -0.15) is 0 Å². The van der Waals surface area contributed by atoms with Gasteiger partial charge in [-0.15, -0.1) is 5.10 Å². The van der Waals surface area contributed by atoms with Gasteiger partial charge in [0.25, 0.3) is 10.0 Å². The van der Waals surface area contributed by atoms with E-state index in [1.165, 1.54) is 0 Å². The Hall–Kier alpha value is -3.39. The zero-order valence-electron chi connectivity index (χ0n) is 17.2. The fraction of sp³-hybridized carbons (Fsp3) is 0.182. The van der Waals surface area contributed by atoms with Crippen molar-refractivity contribution in [2.75, 3.05) is 11.8 Å². The summed E-state index contributed by atoms with van der Waals surface area (Å²) in [4.78, 5) is 4.81. The van der Waals surface area contributed by atoms with E-state index in [9.17, 15) is 8.42 Å². The number of aryl methyl sites for hydroxylation is 3. The molecule has 2 aromatic carbocycles. The number of nitrogens with one attached hydrogen (secondary N) is 1. The highest BCUT2D eigenvalue weighted by molar-refractivity contribution is 7.92. The molecule has 0 aliphatic carbocycles. The molecule has 4 rings (SSSR count). The standard InChI is InChI=1S/C22H22N4O3S/c1-14-6-8-18(11-16(14)3)30(27,28)25-19-12-17(7-5-15(19)2)20-13-26-21(23-20)9-10-22(24-26)29-4/h5-13,25H,1-4H3. The third kappa shape index (κ3) is 3.73. The van der Waals surface area contributed by atoms with Crippen molar-refractivity contribution in [1.29, 1.82) is 0 Å². The second kappa shape index (κ2) is 7.46. The molecule has 30 heavy (non-hydrogen) atoms. The van der Waals surface area contributed by atoms with Crippen molar-refractivity contribution in [2.45, 2.75) is 25.7 Å². The van der Waals surface area contributed by atoms with Crippen LogP contribution < -0.4 is 9.46 Å². The van der Waals surface area contributed by atoms with Gasteiger partial charge in [-0.3, -0.25) is 4.72 Å². The second-order valence-electron chi connectivity index (χ2n) is 7.19. The van der Waals surface area contributed by atoms with Crippen LogP contribution >= 0.6 is 0 Å². The van der Waals surface area contributed by atoms with Gasteiger partial charge in [-0.05, 0) is 61.7 Å². The number of anilines is 1.